The van der Waals surface area contributed by atoms with Gasteiger partial charge in [-0.1, -0.05) is 18.2 Å². The standard InChI is InChI=1S/C15H17NO2S/c1-10(17)12-6-7-16(9-12)15(18)14-8-11-4-2-3-5-13(11)19-14/h2-5,8,10,12,17H,6-7,9H2,1H3. The van der Waals surface area contributed by atoms with E-state index in [1.54, 1.807) is 18.3 Å². The minimum Gasteiger partial charge on any atom is -0.393 e. The van der Waals surface area contributed by atoms with E-state index in [1.165, 1.54) is 0 Å². The highest BCUT2D eigenvalue weighted by atomic mass is 32.1. The predicted octanol–water partition coefficient (Wildman–Crippen LogP) is 2.74. The van der Waals surface area contributed by atoms with Crippen LogP contribution >= 0.6 is 11.3 Å². The van der Waals surface area contributed by atoms with E-state index in [0.29, 0.717) is 6.54 Å². The van der Waals surface area contributed by atoms with Gasteiger partial charge < -0.3 is 10.0 Å². The third kappa shape index (κ3) is 2.38. The topological polar surface area (TPSA) is 40.5 Å². The smallest absolute Gasteiger partial charge is 0.263 e. The summed E-state index contributed by atoms with van der Waals surface area (Å²) in [5.41, 5.74) is 0. The number of rotatable bonds is 2. The Labute approximate surface area is 116 Å². The van der Waals surface area contributed by atoms with Crippen LogP contribution in [0.5, 0.6) is 0 Å². The molecule has 1 saturated heterocycles. The van der Waals surface area contributed by atoms with E-state index in [2.05, 4.69) is 0 Å². The van der Waals surface area contributed by atoms with Crippen molar-refractivity contribution >= 4 is 27.3 Å². The summed E-state index contributed by atoms with van der Waals surface area (Å²) in [5.74, 6) is 0.322. The molecule has 1 amide bonds. The van der Waals surface area contributed by atoms with E-state index >= 15 is 0 Å². The number of amides is 1. The Kier molecular flexibility index (Phi) is 3.29. The summed E-state index contributed by atoms with van der Waals surface area (Å²) in [5, 5.41) is 10.7. The van der Waals surface area contributed by atoms with Gasteiger partial charge in [-0.25, -0.2) is 0 Å². The molecule has 3 rings (SSSR count). The van der Waals surface area contributed by atoms with Crippen molar-refractivity contribution < 1.29 is 9.90 Å². The number of nitrogens with zero attached hydrogens (tertiary/aromatic N) is 1. The summed E-state index contributed by atoms with van der Waals surface area (Å²) < 4.78 is 1.15. The Hall–Kier alpha value is -1.39. The number of fused-ring (bicyclic) bond motifs is 1. The summed E-state index contributed by atoms with van der Waals surface area (Å²) >= 11 is 1.55. The van der Waals surface area contributed by atoms with Gasteiger partial charge in [-0.3, -0.25) is 4.79 Å². The molecule has 19 heavy (non-hydrogen) atoms. The monoisotopic (exact) mass is 275 g/mol. The molecule has 1 aliphatic rings. The van der Waals surface area contributed by atoms with Crippen molar-refractivity contribution in [3.63, 3.8) is 0 Å². The van der Waals surface area contributed by atoms with Crippen molar-refractivity contribution in [2.45, 2.75) is 19.4 Å². The van der Waals surface area contributed by atoms with Gasteiger partial charge in [0.1, 0.15) is 0 Å². The molecule has 0 saturated carbocycles. The van der Waals surface area contributed by atoms with Crippen LogP contribution in [0.15, 0.2) is 30.3 Å². The van der Waals surface area contributed by atoms with Gasteiger partial charge in [0.05, 0.1) is 11.0 Å². The largest absolute Gasteiger partial charge is 0.393 e. The molecule has 100 valence electrons. The number of thiophene rings is 1. The maximum absolute atomic E-state index is 12.4. The van der Waals surface area contributed by atoms with E-state index in [4.69, 9.17) is 0 Å². The highest BCUT2D eigenvalue weighted by molar-refractivity contribution is 7.20. The fraction of sp³-hybridized carbons (Fsp3) is 0.400. The first-order valence-electron chi connectivity index (χ1n) is 6.61. The van der Waals surface area contributed by atoms with Gasteiger partial charge in [0.25, 0.3) is 5.91 Å². The van der Waals surface area contributed by atoms with Crippen LogP contribution in [-0.4, -0.2) is 35.1 Å². The fourth-order valence-corrected chi connectivity index (χ4v) is 3.64. The van der Waals surface area contributed by atoms with Crippen LogP contribution < -0.4 is 0 Å². The molecule has 0 aliphatic carbocycles. The second-order valence-corrected chi connectivity index (χ2v) is 6.27. The average Bonchev–Trinajstić information content (AvgIpc) is 3.04. The maximum Gasteiger partial charge on any atom is 0.263 e. The van der Waals surface area contributed by atoms with Gasteiger partial charge in [-0.05, 0) is 30.9 Å². The van der Waals surface area contributed by atoms with Gasteiger partial charge >= 0.3 is 0 Å². The first kappa shape index (κ1) is 12.6. The molecule has 1 N–H and O–H groups in total. The number of hydrogen-bond donors (Lipinski definition) is 1. The van der Waals surface area contributed by atoms with Crippen molar-refractivity contribution in [3.8, 4) is 0 Å². The predicted molar refractivity (Wildman–Crippen MR) is 77.5 cm³/mol. The second kappa shape index (κ2) is 4.94. The molecule has 1 aromatic carbocycles. The lowest BCUT2D eigenvalue weighted by atomic mass is 10.0. The first-order chi connectivity index (χ1) is 9.15. The Bertz CT molecular complexity index is 572. The lowest BCUT2D eigenvalue weighted by Crippen LogP contribution is -2.29. The van der Waals surface area contributed by atoms with Crippen LogP contribution in [-0.2, 0) is 0 Å². The molecule has 3 nitrogen and oxygen atoms in total. The first-order valence-corrected chi connectivity index (χ1v) is 7.43. The van der Waals surface area contributed by atoms with Crippen LogP contribution in [0.1, 0.15) is 23.0 Å². The molecular formula is C15H17NO2S. The third-order valence-corrected chi connectivity index (χ3v) is 4.93. The van der Waals surface area contributed by atoms with Gasteiger partial charge in [0, 0.05) is 23.7 Å². The van der Waals surface area contributed by atoms with Crippen LogP contribution in [0.3, 0.4) is 0 Å². The van der Waals surface area contributed by atoms with E-state index in [-0.39, 0.29) is 17.9 Å². The summed E-state index contributed by atoms with van der Waals surface area (Å²) in [6, 6.07) is 10.0. The molecule has 1 aliphatic heterocycles. The maximum atomic E-state index is 12.4. The van der Waals surface area contributed by atoms with Crippen molar-refractivity contribution in [1.82, 2.24) is 4.90 Å². The summed E-state index contributed by atoms with van der Waals surface area (Å²) in [6.45, 7) is 3.23. The summed E-state index contributed by atoms with van der Waals surface area (Å²) in [4.78, 5) is 15.1. The van der Waals surface area contributed by atoms with Gasteiger partial charge in [-0.2, -0.15) is 0 Å². The Morgan fingerprint density at radius 2 is 2.26 bits per heavy atom. The molecule has 1 fully saturated rings. The zero-order chi connectivity index (χ0) is 13.4. The lowest BCUT2D eigenvalue weighted by Gasteiger charge is -2.16. The van der Waals surface area contributed by atoms with E-state index in [1.807, 2.05) is 35.2 Å². The normalized spacial score (nSPS) is 20.9. The van der Waals surface area contributed by atoms with Gasteiger partial charge in [0.15, 0.2) is 0 Å². The highest BCUT2D eigenvalue weighted by Gasteiger charge is 2.30. The van der Waals surface area contributed by atoms with Crippen LogP contribution in [0, 0.1) is 5.92 Å². The molecule has 0 bridgehead atoms. The van der Waals surface area contributed by atoms with Crippen molar-refractivity contribution in [3.05, 3.63) is 35.2 Å². The average molecular weight is 275 g/mol. The molecule has 2 unspecified atom stereocenters. The number of aliphatic hydroxyl groups is 1. The molecule has 4 heteroatoms. The molecule has 2 heterocycles. The van der Waals surface area contributed by atoms with E-state index < -0.39 is 0 Å². The minimum absolute atomic E-state index is 0.101. The Balaban J connectivity index is 1.80. The number of likely N-dealkylation sites (tertiary alicyclic amines) is 1. The van der Waals surface area contributed by atoms with E-state index in [0.717, 1.165) is 27.9 Å². The Morgan fingerprint density at radius 1 is 1.47 bits per heavy atom. The number of hydrogen-bond acceptors (Lipinski definition) is 3. The lowest BCUT2D eigenvalue weighted by molar-refractivity contribution is 0.0767. The molecular weight excluding hydrogens is 258 g/mol. The van der Waals surface area contributed by atoms with E-state index in [9.17, 15) is 9.90 Å². The number of carbonyl (C=O) groups is 1. The third-order valence-electron chi connectivity index (χ3n) is 3.83. The zero-order valence-electron chi connectivity index (χ0n) is 10.9. The summed E-state index contributed by atoms with van der Waals surface area (Å²) in [6.07, 6.45) is 0.564. The number of carbonyl (C=O) groups excluding carboxylic acids is 1. The SMILES string of the molecule is CC(O)C1CCN(C(=O)c2cc3ccccc3s2)C1. The van der Waals surface area contributed by atoms with Crippen LogP contribution in [0.2, 0.25) is 0 Å². The minimum atomic E-state index is -0.333. The molecule has 2 aromatic rings. The zero-order valence-corrected chi connectivity index (χ0v) is 11.7. The molecule has 0 radical (unpaired) electrons. The van der Waals surface area contributed by atoms with Crippen LogP contribution in [0.25, 0.3) is 10.1 Å². The molecule has 2 atom stereocenters. The molecule has 0 spiro atoms. The van der Waals surface area contributed by atoms with Gasteiger partial charge in [0.2, 0.25) is 0 Å². The molecule has 1 aromatic heterocycles. The quantitative estimate of drug-likeness (QED) is 0.915. The van der Waals surface area contributed by atoms with Crippen molar-refractivity contribution in [1.29, 1.82) is 0 Å². The van der Waals surface area contributed by atoms with Crippen LogP contribution in [0.4, 0.5) is 0 Å². The second-order valence-electron chi connectivity index (χ2n) is 5.19. The fourth-order valence-electron chi connectivity index (χ4n) is 2.61. The Morgan fingerprint density at radius 3 is 2.95 bits per heavy atom. The van der Waals surface area contributed by atoms with Crippen molar-refractivity contribution in [2.75, 3.05) is 13.1 Å². The van der Waals surface area contributed by atoms with Crippen molar-refractivity contribution in [2.24, 2.45) is 5.92 Å². The summed E-state index contributed by atoms with van der Waals surface area (Å²) in [7, 11) is 0. The number of benzene rings is 1. The highest BCUT2D eigenvalue weighted by Crippen LogP contribution is 2.28. The number of aliphatic hydroxyl groups excluding tert-OH is 1. The van der Waals surface area contributed by atoms with Gasteiger partial charge in [-0.15, -0.1) is 11.3 Å².